The van der Waals surface area contributed by atoms with Crippen molar-refractivity contribution in [1.29, 1.82) is 5.41 Å². The lowest BCUT2D eigenvalue weighted by Gasteiger charge is -2.06. The number of hydrogen-bond acceptors (Lipinski definition) is 6. The molecule has 0 saturated heterocycles. The van der Waals surface area contributed by atoms with Crippen molar-refractivity contribution in [2.75, 3.05) is 6.26 Å². The van der Waals surface area contributed by atoms with E-state index in [4.69, 9.17) is 11.1 Å². The van der Waals surface area contributed by atoms with E-state index in [0.717, 1.165) is 11.0 Å². The smallest absolute Gasteiger partial charge is 0.208 e. The van der Waals surface area contributed by atoms with Crippen molar-refractivity contribution in [3.63, 3.8) is 0 Å². The third kappa shape index (κ3) is 3.21. The first-order chi connectivity index (χ1) is 13.4. The van der Waals surface area contributed by atoms with Gasteiger partial charge in [-0.1, -0.05) is 24.3 Å². The minimum atomic E-state index is -3.76. The molecule has 0 bridgehead atoms. The third-order valence-electron chi connectivity index (χ3n) is 4.21. The highest BCUT2D eigenvalue weighted by Crippen LogP contribution is 2.37. The highest BCUT2D eigenvalue weighted by Gasteiger charge is 2.25. The number of nitrogens with zero attached hydrogens (tertiary/aromatic N) is 1. The summed E-state index contributed by atoms with van der Waals surface area (Å²) in [6.07, 6.45) is 1.81. The number of benzene rings is 2. The third-order valence-corrected chi connectivity index (χ3v) is 8.55. The van der Waals surface area contributed by atoms with Crippen LogP contribution in [0.1, 0.15) is 4.88 Å². The zero-order valence-corrected chi connectivity index (χ0v) is 17.2. The van der Waals surface area contributed by atoms with Crippen LogP contribution in [0.4, 0.5) is 0 Å². The number of imidazole rings is 1. The second-order valence-corrected chi connectivity index (χ2v) is 10.1. The Kier molecular flexibility index (Phi) is 4.74. The van der Waals surface area contributed by atoms with E-state index in [2.05, 4.69) is 9.97 Å². The first-order valence-corrected chi connectivity index (χ1v) is 11.7. The summed E-state index contributed by atoms with van der Waals surface area (Å²) in [5.41, 5.74) is 7.94. The van der Waals surface area contributed by atoms with Gasteiger partial charge in [-0.3, -0.25) is 5.41 Å². The molecule has 2 aromatic heterocycles. The number of hydrogen-bond donors (Lipinski definition) is 3. The van der Waals surface area contributed by atoms with Crippen LogP contribution < -0.4 is 5.73 Å². The van der Waals surface area contributed by atoms with Crippen molar-refractivity contribution in [1.82, 2.24) is 9.97 Å². The van der Waals surface area contributed by atoms with Crippen LogP contribution in [-0.4, -0.2) is 30.5 Å². The number of thiophene rings is 1. The maximum atomic E-state index is 13.3. The summed E-state index contributed by atoms with van der Waals surface area (Å²) in [6, 6.07) is 15.8. The Bertz CT molecular complexity index is 1270. The molecular formula is C19H16N4O2S3. The molecule has 0 saturated carbocycles. The van der Waals surface area contributed by atoms with Gasteiger partial charge < -0.3 is 10.7 Å². The summed E-state index contributed by atoms with van der Waals surface area (Å²) in [5.74, 6) is 0.468. The van der Waals surface area contributed by atoms with Crippen molar-refractivity contribution in [2.45, 2.75) is 14.0 Å². The molecule has 28 heavy (non-hydrogen) atoms. The van der Waals surface area contributed by atoms with Gasteiger partial charge in [-0.15, -0.1) is 23.1 Å². The van der Waals surface area contributed by atoms with Crippen LogP contribution in [0.25, 0.3) is 22.4 Å². The predicted octanol–water partition coefficient (Wildman–Crippen LogP) is 4.13. The fourth-order valence-electron chi connectivity index (χ4n) is 2.85. The SMILES string of the molecule is CSc1sc(C(=N)N)cc1S(=O)(=O)c1cccc(-c2nc3ccccc3[nH]2)c1. The summed E-state index contributed by atoms with van der Waals surface area (Å²) in [7, 11) is -3.76. The number of aromatic nitrogens is 2. The summed E-state index contributed by atoms with van der Waals surface area (Å²) in [5, 5.41) is 7.60. The van der Waals surface area contributed by atoms with Crippen molar-refractivity contribution in [3.8, 4) is 11.4 Å². The number of fused-ring (bicyclic) bond motifs is 1. The molecule has 0 aliphatic carbocycles. The van der Waals surface area contributed by atoms with E-state index in [1.54, 1.807) is 24.5 Å². The molecule has 0 radical (unpaired) electrons. The van der Waals surface area contributed by atoms with Crippen LogP contribution in [0.3, 0.4) is 0 Å². The van der Waals surface area contributed by atoms with Crippen molar-refractivity contribution in [3.05, 3.63) is 59.5 Å². The minimum Gasteiger partial charge on any atom is -0.383 e. The number of nitrogen functional groups attached to an aromatic ring is 1. The van der Waals surface area contributed by atoms with E-state index >= 15 is 0 Å². The number of amidine groups is 1. The van der Waals surface area contributed by atoms with E-state index in [1.807, 2.05) is 30.3 Å². The molecule has 4 rings (SSSR count). The van der Waals surface area contributed by atoms with Gasteiger partial charge in [0.05, 0.1) is 29.9 Å². The quantitative estimate of drug-likeness (QED) is 0.251. The fourth-order valence-corrected chi connectivity index (χ4v) is 6.75. The van der Waals surface area contributed by atoms with Gasteiger partial charge in [0, 0.05) is 5.56 Å². The average molecular weight is 429 g/mol. The first-order valence-electron chi connectivity index (χ1n) is 8.22. The fraction of sp³-hybridized carbons (Fsp3) is 0.0526. The molecule has 6 nitrogen and oxygen atoms in total. The van der Waals surface area contributed by atoms with Gasteiger partial charge in [-0.25, -0.2) is 13.4 Å². The molecule has 2 heterocycles. The lowest BCUT2D eigenvalue weighted by Crippen LogP contribution is -2.08. The normalized spacial score (nSPS) is 11.8. The number of rotatable bonds is 5. The minimum absolute atomic E-state index is 0.141. The molecule has 0 unspecified atom stereocenters. The zero-order chi connectivity index (χ0) is 19.9. The number of para-hydroxylation sites is 2. The second-order valence-electron chi connectivity index (χ2n) is 6.01. The number of H-pyrrole nitrogens is 1. The van der Waals surface area contributed by atoms with Gasteiger partial charge in [-0.05, 0) is 36.6 Å². The Morgan fingerprint density at radius 3 is 2.68 bits per heavy atom. The Morgan fingerprint density at radius 1 is 1.18 bits per heavy atom. The molecule has 0 spiro atoms. The topological polar surface area (TPSA) is 113 Å². The van der Waals surface area contributed by atoms with Gasteiger partial charge in [0.1, 0.15) is 11.7 Å². The van der Waals surface area contributed by atoms with E-state index in [9.17, 15) is 8.42 Å². The predicted molar refractivity (Wildman–Crippen MR) is 114 cm³/mol. The van der Waals surface area contributed by atoms with Crippen LogP contribution in [-0.2, 0) is 9.84 Å². The van der Waals surface area contributed by atoms with Crippen LogP contribution in [0.15, 0.2) is 68.6 Å². The summed E-state index contributed by atoms with van der Waals surface area (Å²) >= 11 is 2.54. The van der Waals surface area contributed by atoms with Crippen LogP contribution in [0, 0.1) is 5.41 Å². The standard InChI is InChI=1S/C19H16N4O2S3/c1-26-19-16(10-15(27-19)17(20)21)28(24,25)12-6-4-5-11(9-12)18-22-13-7-2-3-8-14(13)23-18/h2-10H,1H3,(H3,20,21)(H,22,23). The summed E-state index contributed by atoms with van der Waals surface area (Å²) in [6.45, 7) is 0. The molecule has 142 valence electrons. The monoisotopic (exact) mass is 428 g/mol. The van der Waals surface area contributed by atoms with Crippen LogP contribution in [0.2, 0.25) is 0 Å². The molecule has 0 atom stereocenters. The largest absolute Gasteiger partial charge is 0.383 e. The maximum Gasteiger partial charge on any atom is 0.208 e. The van der Waals surface area contributed by atoms with E-state index < -0.39 is 9.84 Å². The zero-order valence-electron chi connectivity index (χ0n) is 14.8. The molecular weight excluding hydrogens is 412 g/mol. The number of sulfone groups is 1. The van der Waals surface area contributed by atoms with E-state index in [1.165, 1.54) is 29.2 Å². The highest BCUT2D eigenvalue weighted by molar-refractivity contribution is 8.01. The molecule has 4 N–H and O–H groups in total. The van der Waals surface area contributed by atoms with Gasteiger partial charge in [0.25, 0.3) is 0 Å². The number of aromatic amines is 1. The van der Waals surface area contributed by atoms with Crippen LogP contribution in [0.5, 0.6) is 0 Å². The summed E-state index contributed by atoms with van der Waals surface area (Å²) < 4.78 is 27.1. The van der Waals surface area contributed by atoms with Crippen molar-refractivity contribution >= 4 is 49.8 Å². The summed E-state index contributed by atoms with van der Waals surface area (Å²) in [4.78, 5) is 8.56. The van der Waals surface area contributed by atoms with Gasteiger partial charge in [0.15, 0.2) is 0 Å². The molecule has 4 aromatic rings. The van der Waals surface area contributed by atoms with Crippen molar-refractivity contribution in [2.24, 2.45) is 5.73 Å². The highest BCUT2D eigenvalue weighted by atomic mass is 32.2. The number of nitrogens with two attached hydrogens (primary N) is 1. The van der Waals surface area contributed by atoms with Gasteiger partial charge in [0.2, 0.25) is 9.84 Å². The second kappa shape index (κ2) is 7.08. The molecule has 0 aliphatic heterocycles. The average Bonchev–Trinajstić information content (AvgIpc) is 3.32. The first kappa shape index (κ1) is 18.7. The molecule has 2 aromatic carbocycles. The van der Waals surface area contributed by atoms with E-state index in [0.29, 0.717) is 20.5 Å². The van der Waals surface area contributed by atoms with Crippen LogP contribution >= 0.6 is 23.1 Å². The lowest BCUT2D eigenvalue weighted by molar-refractivity contribution is 0.595. The van der Waals surface area contributed by atoms with Gasteiger partial charge >= 0.3 is 0 Å². The van der Waals surface area contributed by atoms with E-state index in [-0.39, 0.29) is 15.6 Å². The Morgan fingerprint density at radius 2 is 1.96 bits per heavy atom. The number of nitrogens with one attached hydrogen (secondary N) is 2. The molecule has 9 heteroatoms. The number of thioether (sulfide) groups is 1. The molecule has 0 fully saturated rings. The molecule has 0 amide bonds. The Balaban J connectivity index is 1.81. The maximum absolute atomic E-state index is 13.3. The van der Waals surface area contributed by atoms with Gasteiger partial charge in [-0.2, -0.15) is 0 Å². The lowest BCUT2D eigenvalue weighted by atomic mass is 10.2. The van der Waals surface area contributed by atoms with Crippen molar-refractivity contribution < 1.29 is 8.42 Å². The Labute approximate surface area is 170 Å². The molecule has 0 aliphatic rings. The Hall–Kier alpha value is -2.62.